The number of hydrogen-bond acceptors (Lipinski definition) is 2. The van der Waals surface area contributed by atoms with Crippen LogP contribution in [0.25, 0.3) is 5.69 Å². The Labute approximate surface area is 154 Å². The molecule has 3 aromatic rings. The van der Waals surface area contributed by atoms with E-state index in [2.05, 4.69) is 75.4 Å². The largest absolute Gasteiger partial charge is 0.315 e. The molecule has 1 N–H and O–H groups in total. The molecule has 0 spiro atoms. The zero-order chi connectivity index (χ0) is 18.0. The summed E-state index contributed by atoms with van der Waals surface area (Å²) in [5, 5.41) is 4.51. The van der Waals surface area contributed by atoms with Crippen LogP contribution in [0.2, 0.25) is 0 Å². The molecule has 2 aromatic carbocycles. The van der Waals surface area contributed by atoms with Gasteiger partial charge in [-0.05, 0) is 50.2 Å². The Morgan fingerprint density at radius 1 is 1.04 bits per heavy atom. The number of nitrogens with one attached hydrogen (secondary N) is 1. The number of rotatable bonds is 5. The zero-order valence-electron chi connectivity index (χ0n) is 15.3. The molecule has 0 bridgehead atoms. The zero-order valence-corrected chi connectivity index (χ0v) is 16.1. The summed E-state index contributed by atoms with van der Waals surface area (Å²) in [6.45, 7) is 8.06. The van der Waals surface area contributed by atoms with Gasteiger partial charge in [-0.3, -0.25) is 4.57 Å². The molecule has 0 aliphatic carbocycles. The standard InChI is InChI=1S/C20H24N4S/c1-15-9-10-19(17(3)11-15)23-13-21-24(20(23)25)14-22(4)12-18-8-6-5-7-16(18)2/h5-11,13H,12,14H2,1-4H3/p+1. The lowest BCUT2D eigenvalue weighted by atomic mass is 10.1. The second-order valence-corrected chi connectivity index (χ2v) is 7.16. The van der Waals surface area contributed by atoms with E-state index in [-0.39, 0.29) is 0 Å². The maximum absolute atomic E-state index is 5.66. The van der Waals surface area contributed by atoms with Crippen molar-refractivity contribution in [2.24, 2.45) is 0 Å². The highest BCUT2D eigenvalue weighted by atomic mass is 32.1. The fraction of sp³-hybridized carbons (Fsp3) is 0.300. The second-order valence-electron chi connectivity index (χ2n) is 6.79. The third-order valence-corrected chi connectivity index (χ3v) is 4.93. The van der Waals surface area contributed by atoms with E-state index < -0.39 is 0 Å². The van der Waals surface area contributed by atoms with Gasteiger partial charge >= 0.3 is 0 Å². The summed E-state index contributed by atoms with van der Waals surface area (Å²) >= 11 is 5.66. The van der Waals surface area contributed by atoms with E-state index in [4.69, 9.17) is 12.2 Å². The predicted molar refractivity (Wildman–Crippen MR) is 104 cm³/mol. The highest BCUT2D eigenvalue weighted by Crippen LogP contribution is 2.15. The van der Waals surface area contributed by atoms with Crippen LogP contribution in [0.3, 0.4) is 0 Å². The molecular weight excluding hydrogens is 328 g/mol. The van der Waals surface area contributed by atoms with Crippen molar-refractivity contribution in [3.05, 3.63) is 75.8 Å². The number of hydrogen-bond donors (Lipinski definition) is 1. The number of quaternary nitrogens is 1. The van der Waals surface area contributed by atoms with Crippen LogP contribution in [0.5, 0.6) is 0 Å². The third kappa shape index (κ3) is 3.89. The first-order valence-corrected chi connectivity index (χ1v) is 8.94. The molecule has 1 heterocycles. The van der Waals surface area contributed by atoms with E-state index >= 15 is 0 Å². The SMILES string of the molecule is Cc1ccc(-n2cnn(C[NH+](C)Cc3ccccc3C)c2=S)c(C)c1. The van der Waals surface area contributed by atoms with Crippen molar-refractivity contribution >= 4 is 12.2 Å². The van der Waals surface area contributed by atoms with Gasteiger partial charge in [-0.2, -0.15) is 9.78 Å². The Hall–Kier alpha value is -2.24. The number of benzene rings is 2. The molecule has 0 saturated heterocycles. The van der Waals surface area contributed by atoms with Crippen molar-refractivity contribution in [1.82, 2.24) is 14.3 Å². The Balaban J connectivity index is 1.79. The normalized spacial score (nSPS) is 12.3. The molecule has 4 nitrogen and oxygen atoms in total. The molecule has 0 amide bonds. The van der Waals surface area contributed by atoms with Crippen LogP contribution in [0.4, 0.5) is 0 Å². The van der Waals surface area contributed by atoms with Crippen LogP contribution in [-0.4, -0.2) is 21.4 Å². The number of nitrogens with zero attached hydrogens (tertiary/aromatic N) is 3. The van der Waals surface area contributed by atoms with Gasteiger partial charge in [0.15, 0.2) is 6.67 Å². The fourth-order valence-electron chi connectivity index (χ4n) is 3.13. The first kappa shape index (κ1) is 17.6. The Bertz CT molecular complexity index is 939. The Morgan fingerprint density at radius 3 is 2.52 bits per heavy atom. The molecule has 0 saturated carbocycles. The topological polar surface area (TPSA) is 27.2 Å². The van der Waals surface area contributed by atoms with Gasteiger partial charge in [0.25, 0.3) is 0 Å². The van der Waals surface area contributed by atoms with Gasteiger partial charge in [-0.1, -0.05) is 42.0 Å². The first-order chi connectivity index (χ1) is 12.0. The molecule has 5 heteroatoms. The van der Waals surface area contributed by atoms with Gasteiger partial charge in [-0.15, -0.1) is 0 Å². The summed E-state index contributed by atoms with van der Waals surface area (Å²) < 4.78 is 4.63. The van der Waals surface area contributed by atoms with Crippen LogP contribution < -0.4 is 4.90 Å². The van der Waals surface area contributed by atoms with Gasteiger partial charge in [-0.25, -0.2) is 0 Å². The Kier molecular flexibility index (Phi) is 5.16. The first-order valence-electron chi connectivity index (χ1n) is 8.53. The van der Waals surface area contributed by atoms with Crippen LogP contribution in [0.15, 0.2) is 48.8 Å². The maximum atomic E-state index is 5.66. The molecule has 1 atom stereocenters. The van der Waals surface area contributed by atoms with Crippen LogP contribution >= 0.6 is 12.2 Å². The van der Waals surface area contributed by atoms with Crippen molar-refractivity contribution < 1.29 is 4.90 Å². The van der Waals surface area contributed by atoms with E-state index in [1.807, 2.05) is 15.6 Å². The van der Waals surface area contributed by atoms with Crippen molar-refractivity contribution in [3.63, 3.8) is 0 Å². The lowest BCUT2D eigenvalue weighted by molar-refractivity contribution is -0.917. The number of aromatic nitrogens is 3. The minimum atomic E-state index is 0.732. The third-order valence-electron chi connectivity index (χ3n) is 4.52. The summed E-state index contributed by atoms with van der Waals surface area (Å²) in [6, 6.07) is 14.9. The average Bonchev–Trinajstić information content (AvgIpc) is 2.91. The molecule has 25 heavy (non-hydrogen) atoms. The van der Waals surface area contributed by atoms with E-state index in [0.29, 0.717) is 0 Å². The smallest absolute Gasteiger partial charge is 0.207 e. The fourth-order valence-corrected chi connectivity index (χ4v) is 3.39. The molecule has 3 rings (SSSR count). The van der Waals surface area contributed by atoms with E-state index in [9.17, 15) is 0 Å². The summed E-state index contributed by atoms with van der Waals surface area (Å²) in [6.07, 6.45) is 1.82. The molecule has 0 radical (unpaired) electrons. The monoisotopic (exact) mass is 353 g/mol. The van der Waals surface area contributed by atoms with Gasteiger partial charge in [0.2, 0.25) is 4.77 Å². The average molecular weight is 354 g/mol. The van der Waals surface area contributed by atoms with Crippen molar-refractivity contribution in [1.29, 1.82) is 0 Å². The van der Waals surface area contributed by atoms with Crippen molar-refractivity contribution in [2.75, 3.05) is 7.05 Å². The van der Waals surface area contributed by atoms with Gasteiger partial charge in [0.1, 0.15) is 12.9 Å². The van der Waals surface area contributed by atoms with Crippen LogP contribution in [-0.2, 0) is 13.2 Å². The predicted octanol–water partition coefficient (Wildman–Crippen LogP) is 3.00. The van der Waals surface area contributed by atoms with Gasteiger partial charge in [0.05, 0.1) is 12.7 Å². The molecule has 1 aromatic heterocycles. The lowest BCUT2D eigenvalue weighted by Gasteiger charge is -2.15. The molecule has 1 unspecified atom stereocenters. The Morgan fingerprint density at radius 2 is 1.80 bits per heavy atom. The van der Waals surface area contributed by atoms with Crippen molar-refractivity contribution in [2.45, 2.75) is 34.0 Å². The highest BCUT2D eigenvalue weighted by Gasteiger charge is 2.11. The molecule has 0 aliphatic rings. The molecule has 0 fully saturated rings. The van der Waals surface area contributed by atoms with Crippen LogP contribution in [0.1, 0.15) is 22.3 Å². The molecule has 130 valence electrons. The molecular formula is C20H25N4S+. The molecule has 0 aliphatic heterocycles. The van der Waals surface area contributed by atoms with Crippen molar-refractivity contribution in [3.8, 4) is 5.69 Å². The van der Waals surface area contributed by atoms with Crippen LogP contribution in [0, 0.1) is 25.5 Å². The highest BCUT2D eigenvalue weighted by molar-refractivity contribution is 7.71. The van der Waals surface area contributed by atoms with E-state index in [1.54, 1.807) is 0 Å². The minimum absolute atomic E-state index is 0.732. The summed E-state index contributed by atoms with van der Waals surface area (Å²) in [4.78, 5) is 1.34. The van der Waals surface area contributed by atoms with Gasteiger partial charge in [0, 0.05) is 5.56 Å². The van der Waals surface area contributed by atoms with E-state index in [1.165, 1.54) is 27.2 Å². The van der Waals surface area contributed by atoms with Gasteiger partial charge < -0.3 is 4.90 Å². The van der Waals surface area contributed by atoms with E-state index in [0.717, 1.165) is 23.7 Å². The lowest BCUT2D eigenvalue weighted by Crippen LogP contribution is -3.07. The maximum Gasteiger partial charge on any atom is 0.207 e. The second kappa shape index (κ2) is 7.33. The quantitative estimate of drug-likeness (QED) is 0.714. The summed E-state index contributed by atoms with van der Waals surface area (Å²) in [7, 11) is 2.17. The summed E-state index contributed by atoms with van der Waals surface area (Å²) in [5.41, 5.74) is 6.24. The summed E-state index contributed by atoms with van der Waals surface area (Å²) in [5.74, 6) is 0. The minimum Gasteiger partial charge on any atom is -0.315 e. The number of aryl methyl sites for hydroxylation is 3.